The average Bonchev–Trinajstić information content (AvgIpc) is 3.04. The maximum atomic E-state index is 12.3. The third kappa shape index (κ3) is 2.42. The van der Waals surface area contributed by atoms with Crippen LogP contribution in [-0.2, 0) is 17.8 Å². The van der Waals surface area contributed by atoms with Crippen LogP contribution in [0.2, 0.25) is 0 Å². The molecule has 0 radical (unpaired) electrons. The quantitative estimate of drug-likeness (QED) is 0.869. The van der Waals surface area contributed by atoms with Crippen LogP contribution in [0.4, 0.5) is 0 Å². The summed E-state index contributed by atoms with van der Waals surface area (Å²) in [5.74, 6) is -1.18. The maximum absolute atomic E-state index is 12.3. The van der Waals surface area contributed by atoms with Gasteiger partial charge in [0.05, 0.1) is 23.4 Å². The number of carboxylic acid groups (broad SMARTS) is 1. The fraction of sp³-hybridized carbons (Fsp3) is 0.643. The largest absolute Gasteiger partial charge is 0.481 e. The zero-order valence-electron chi connectivity index (χ0n) is 11.3. The Kier molecular flexibility index (Phi) is 3.46. The van der Waals surface area contributed by atoms with Gasteiger partial charge >= 0.3 is 5.97 Å². The monoisotopic (exact) mass is 277 g/mol. The fourth-order valence-corrected chi connectivity index (χ4v) is 3.21. The number of rotatable bonds is 3. The Bertz CT molecular complexity index is 538. The summed E-state index contributed by atoms with van der Waals surface area (Å²) >= 11 is 0. The third-order valence-electron chi connectivity index (χ3n) is 4.34. The molecular weight excluding hydrogens is 258 g/mol. The molecule has 2 heterocycles. The normalized spacial score (nSPS) is 25.2. The number of fused-ring (bicyclic) bond motifs is 1. The van der Waals surface area contributed by atoms with E-state index in [2.05, 4.69) is 10.4 Å². The molecule has 1 fully saturated rings. The van der Waals surface area contributed by atoms with E-state index >= 15 is 0 Å². The van der Waals surface area contributed by atoms with E-state index in [0.29, 0.717) is 18.4 Å². The van der Waals surface area contributed by atoms with E-state index in [9.17, 15) is 9.59 Å². The van der Waals surface area contributed by atoms with E-state index in [4.69, 9.17) is 5.11 Å². The number of aryl methyl sites for hydroxylation is 1. The van der Waals surface area contributed by atoms with Gasteiger partial charge in [0.15, 0.2) is 0 Å². The van der Waals surface area contributed by atoms with Crippen LogP contribution in [0.15, 0.2) is 6.20 Å². The first kappa shape index (κ1) is 13.1. The number of carbonyl (C=O) groups excluding carboxylic acids is 1. The molecule has 0 bridgehead atoms. The van der Waals surface area contributed by atoms with Crippen LogP contribution in [0, 0.1) is 5.92 Å². The highest BCUT2D eigenvalue weighted by molar-refractivity contribution is 5.95. The van der Waals surface area contributed by atoms with Crippen molar-refractivity contribution in [3.63, 3.8) is 0 Å². The van der Waals surface area contributed by atoms with Crippen molar-refractivity contribution in [2.75, 3.05) is 0 Å². The summed E-state index contributed by atoms with van der Waals surface area (Å²) in [6.07, 6.45) is 6.66. The molecule has 0 aromatic carbocycles. The molecule has 108 valence electrons. The molecule has 1 amide bonds. The van der Waals surface area contributed by atoms with Gasteiger partial charge in [0.2, 0.25) is 0 Å². The first-order valence-electron chi connectivity index (χ1n) is 7.23. The van der Waals surface area contributed by atoms with Crippen molar-refractivity contribution in [1.29, 1.82) is 0 Å². The van der Waals surface area contributed by atoms with Gasteiger partial charge in [-0.05, 0) is 38.5 Å². The second-order valence-electron chi connectivity index (χ2n) is 5.70. The molecule has 0 saturated heterocycles. The Morgan fingerprint density at radius 1 is 1.35 bits per heavy atom. The molecule has 2 N–H and O–H groups in total. The zero-order valence-corrected chi connectivity index (χ0v) is 11.3. The SMILES string of the molecule is O=C(N[C@@H]1CC[C@H](C(=O)O)C1)c1cnn2c1CCCC2. The molecule has 0 spiro atoms. The van der Waals surface area contributed by atoms with Crippen molar-refractivity contribution in [1.82, 2.24) is 15.1 Å². The highest BCUT2D eigenvalue weighted by Gasteiger charge is 2.31. The predicted molar refractivity (Wildman–Crippen MR) is 71.4 cm³/mol. The molecule has 1 aromatic heterocycles. The zero-order chi connectivity index (χ0) is 14.1. The number of nitrogens with one attached hydrogen (secondary N) is 1. The van der Waals surface area contributed by atoms with Crippen LogP contribution in [0.5, 0.6) is 0 Å². The molecular formula is C14H19N3O3. The van der Waals surface area contributed by atoms with Crippen molar-refractivity contribution in [2.45, 2.75) is 51.1 Å². The lowest BCUT2D eigenvalue weighted by atomic mass is 10.1. The first-order chi connectivity index (χ1) is 9.65. The Morgan fingerprint density at radius 2 is 2.20 bits per heavy atom. The van der Waals surface area contributed by atoms with Gasteiger partial charge < -0.3 is 10.4 Å². The summed E-state index contributed by atoms with van der Waals surface area (Å²) in [6, 6.07) is -0.0252. The minimum atomic E-state index is -0.760. The summed E-state index contributed by atoms with van der Waals surface area (Å²) in [4.78, 5) is 23.2. The molecule has 2 atom stereocenters. The van der Waals surface area contributed by atoms with Crippen molar-refractivity contribution >= 4 is 11.9 Å². The number of hydrogen-bond acceptors (Lipinski definition) is 3. The van der Waals surface area contributed by atoms with Crippen molar-refractivity contribution in [3.05, 3.63) is 17.5 Å². The van der Waals surface area contributed by atoms with Gasteiger partial charge in [0.25, 0.3) is 5.91 Å². The highest BCUT2D eigenvalue weighted by Crippen LogP contribution is 2.26. The first-order valence-corrected chi connectivity index (χ1v) is 7.23. The molecule has 1 aliphatic heterocycles. The van der Waals surface area contributed by atoms with Crippen LogP contribution < -0.4 is 5.32 Å². The smallest absolute Gasteiger partial charge is 0.306 e. The van der Waals surface area contributed by atoms with Crippen LogP contribution in [0.1, 0.15) is 48.2 Å². The number of amides is 1. The lowest BCUT2D eigenvalue weighted by Gasteiger charge is -2.16. The minimum absolute atomic E-state index is 0.0252. The van der Waals surface area contributed by atoms with Gasteiger partial charge in [-0.1, -0.05) is 0 Å². The Balaban J connectivity index is 1.65. The molecule has 3 rings (SSSR count). The van der Waals surface area contributed by atoms with Gasteiger partial charge in [-0.15, -0.1) is 0 Å². The van der Waals surface area contributed by atoms with Crippen molar-refractivity contribution in [2.24, 2.45) is 5.92 Å². The van der Waals surface area contributed by atoms with Gasteiger partial charge in [-0.25, -0.2) is 0 Å². The molecule has 0 unspecified atom stereocenters. The van der Waals surface area contributed by atoms with Gasteiger partial charge in [0, 0.05) is 12.6 Å². The molecule has 6 heteroatoms. The van der Waals surface area contributed by atoms with Crippen molar-refractivity contribution in [3.8, 4) is 0 Å². The number of aliphatic carboxylic acids is 1. The fourth-order valence-electron chi connectivity index (χ4n) is 3.21. The number of aromatic nitrogens is 2. The second kappa shape index (κ2) is 5.26. The summed E-state index contributed by atoms with van der Waals surface area (Å²) in [5, 5.41) is 16.2. The third-order valence-corrected chi connectivity index (χ3v) is 4.34. The lowest BCUT2D eigenvalue weighted by Crippen LogP contribution is -2.34. The summed E-state index contributed by atoms with van der Waals surface area (Å²) < 4.78 is 1.91. The van der Waals surface area contributed by atoms with Crippen LogP contribution >= 0.6 is 0 Å². The minimum Gasteiger partial charge on any atom is -0.481 e. The molecule has 20 heavy (non-hydrogen) atoms. The number of carbonyl (C=O) groups is 2. The standard InChI is InChI=1S/C14H19N3O3/c18-13(16-10-5-4-9(7-10)14(19)20)11-8-15-17-6-2-1-3-12(11)17/h8-10H,1-7H2,(H,16,18)(H,19,20)/t9-,10+/m0/s1. The average molecular weight is 277 g/mol. The Labute approximate surface area is 117 Å². The Hall–Kier alpha value is -1.85. The number of hydrogen-bond donors (Lipinski definition) is 2. The summed E-state index contributed by atoms with van der Waals surface area (Å²) in [7, 11) is 0. The summed E-state index contributed by atoms with van der Waals surface area (Å²) in [5.41, 5.74) is 1.67. The van der Waals surface area contributed by atoms with Crippen LogP contribution in [-0.4, -0.2) is 32.8 Å². The van der Waals surface area contributed by atoms with E-state index in [1.807, 2.05) is 4.68 Å². The van der Waals surface area contributed by atoms with Gasteiger partial charge in [0.1, 0.15) is 0 Å². The topological polar surface area (TPSA) is 84.2 Å². The van der Waals surface area contributed by atoms with E-state index < -0.39 is 5.97 Å². The lowest BCUT2D eigenvalue weighted by molar-refractivity contribution is -0.141. The van der Waals surface area contributed by atoms with E-state index in [0.717, 1.165) is 37.9 Å². The maximum Gasteiger partial charge on any atom is 0.306 e. The highest BCUT2D eigenvalue weighted by atomic mass is 16.4. The molecule has 1 aromatic rings. The number of nitrogens with zero attached hydrogens (tertiary/aromatic N) is 2. The van der Waals surface area contributed by atoms with Gasteiger partial charge in [-0.3, -0.25) is 14.3 Å². The predicted octanol–water partition coefficient (Wildman–Crippen LogP) is 1.20. The Morgan fingerprint density at radius 3 is 2.95 bits per heavy atom. The van der Waals surface area contributed by atoms with Crippen LogP contribution in [0.25, 0.3) is 0 Å². The summed E-state index contributed by atoms with van der Waals surface area (Å²) in [6.45, 7) is 0.882. The molecule has 1 aliphatic carbocycles. The van der Waals surface area contributed by atoms with E-state index in [1.165, 1.54) is 0 Å². The van der Waals surface area contributed by atoms with Crippen LogP contribution in [0.3, 0.4) is 0 Å². The molecule has 1 saturated carbocycles. The molecule has 6 nitrogen and oxygen atoms in total. The number of carboxylic acids is 1. The second-order valence-corrected chi connectivity index (χ2v) is 5.70. The van der Waals surface area contributed by atoms with E-state index in [-0.39, 0.29) is 17.9 Å². The van der Waals surface area contributed by atoms with Crippen molar-refractivity contribution < 1.29 is 14.7 Å². The molecule has 2 aliphatic rings. The van der Waals surface area contributed by atoms with Gasteiger partial charge in [-0.2, -0.15) is 5.10 Å². The van der Waals surface area contributed by atoms with E-state index in [1.54, 1.807) is 6.20 Å².